The van der Waals surface area contributed by atoms with E-state index in [9.17, 15) is 9.18 Å². The summed E-state index contributed by atoms with van der Waals surface area (Å²) < 4.78 is 17.1. The van der Waals surface area contributed by atoms with Gasteiger partial charge in [-0.2, -0.15) is 0 Å². The lowest BCUT2D eigenvalue weighted by molar-refractivity contribution is 0.630. The van der Waals surface area contributed by atoms with E-state index in [4.69, 9.17) is 5.73 Å². The highest BCUT2D eigenvalue weighted by molar-refractivity contribution is 5.75. The minimum absolute atomic E-state index is 0.203. The maximum absolute atomic E-state index is 14.1. The molecule has 0 aromatic carbocycles. The van der Waals surface area contributed by atoms with Crippen LogP contribution in [0.1, 0.15) is 5.69 Å². The van der Waals surface area contributed by atoms with Gasteiger partial charge in [0.1, 0.15) is 0 Å². The molecule has 0 aliphatic heterocycles. The first kappa shape index (κ1) is 12.4. The van der Waals surface area contributed by atoms with Crippen molar-refractivity contribution >= 4 is 11.3 Å². The predicted molar refractivity (Wildman–Crippen MR) is 75.0 cm³/mol. The second-order valence-electron chi connectivity index (χ2n) is 4.78. The Bertz CT molecular complexity index is 879. The SMILES string of the molecule is Cc1cn2cc(-c3cn(C)c(=O)cc3N)cc(F)c2n1. The van der Waals surface area contributed by atoms with Crippen LogP contribution in [0.2, 0.25) is 0 Å². The zero-order chi connectivity index (χ0) is 14.4. The second-order valence-corrected chi connectivity index (χ2v) is 4.78. The quantitative estimate of drug-likeness (QED) is 0.733. The summed E-state index contributed by atoms with van der Waals surface area (Å²) >= 11 is 0. The van der Waals surface area contributed by atoms with Crippen LogP contribution in [-0.4, -0.2) is 14.0 Å². The molecule has 2 N–H and O–H groups in total. The molecule has 0 aliphatic rings. The van der Waals surface area contributed by atoms with Crippen molar-refractivity contribution < 1.29 is 4.39 Å². The number of hydrogen-bond acceptors (Lipinski definition) is 3. The molecule has 102 valence electrons. The van der Waals surface area contributed by atoms with Gasteiger partial charge in [0.05, 0.1) is 5.69 Å². The molecule has 0 amide bonds. The molecule has 0 saturated carbocycles. The Morgan fingerprint density at radius 3 is 2.75 bits per heavy atom. The van der Waals surface area contributed by atoms with Crippen LogP contribution in [0, 0.1) is 12.7 Å². The lowest BCUT2D eigenvalue weighted by atomic mass is 10.1. The highest BCUT2D eigenvalue weighted by Crippen LogP contribution is 2.26. The lowest BCUT2D eigenvalue weighted by Crippen LogP contribution is -2.16. The van der Waals surface area contributed by atoms with Crippen molar-refractivity contribution in [3.8, 4) is 11.1 Å². The number of imidazole rings is 1. The van der Waals surface area contributed by atoms with E-state index in [1.165, 1.54) is 16.7 Å². The predicted octanol–water partition coefficient (Wildman–Crippen LogP) is 1.73. The van der Waals surface area contributed by atoms with Crippen molar-refractivity contribution in [2.75, 3.05) is 5.73 Å². The molecule has 3 aromatic heterocycles. The summed E-state index contributed by atoms with van der Waals surface area (Å²) in [4.78, 5) is 15.6. The molecule has 6 heteroatoms. The fourth-order valence-electron chi connectivity index (χ4n) is 2.21. The van der Waals surface area contributed by atoms with Crippen LogP contribution in [0.25, 0.3) is 16.8 Å². The van der Waals surface area contributed by atoms with E-state index in [1.807, 2.05) is 0 Å². The Kier molecular flexibility index (Phi) is 2.60. The van der Waals surface area contributed by atoms with Gasteiger partial charge in [-0.3, -0.25) is 4.79 Å². The minimum Gasteiger partial charge on any atom is -0.398 e. The van der Waals surface area contributed by atoms with Gasteiger partial charge in [-0.05, 0) is 13.0 Å². The monoisotopic (exact) mass is 272 g/mol. The Hall–Kier alpha value is -2.63. The molecular weight excluding hydrogens is 259 g/mol. The van der Waals surface area contributed by atoms with Crippen LogP contribution < -0.4 is 11.3 Å². The standard InChI is InChI=1S/C14H13FN4O/c1-8-5-19-6-9(3-11(15)14(19)17-8)10-7-18(2)13(20)4-12(10)16/h3-7H,16H2,1-2H3. The van der Waals surface area contributed by atoms with Crippen molar-refractivity contribution in [1.29, 1.82) is 0 Å². The minimum atomic E-state index is -0.427. The fraction of sp³-hybridized carbons (Fsp3) is 0.143. The van der Waals surface area contributed by atoms with E-state index in [1.54, 1.807) is 37.0 Å². The maximum Gasteiger partial charge on any atom is 0.252 e. The Morgan fingerprint density at radius 2 is 2.00 bits per heavy atom. The second kappa shape index (κ2) is 4.19. The number of rotatable bonds is 1. The normalized spacial score (nSPS) is 11.2. The molecule has 0 aliphatic carbocycles. The van der Waals surface area contributed by atoms with E-state index in [2.05, 4.69) is 4.98 Å². The molecule has 5 nitrogen and oxygen atoms in total. The number of nitrogens with two attached hydrogens (primary N) is 1. The molecular formula is C14H13FN4O. The summed E-state index contributed by atoms with van der Waals surface area (Å²) in [5.41, 5.74) is 8.19. The van der Waals surface area contributed by atoms with Crippen LogP contribution in [0.3, 0.4) is 0 Å². The van der Waals surface area contributed by atoms with Crippen LogP contribution in [0.4, 0.5) is 10.1 Å². The number of nitrogens with zero attached hydrogens (tertiary/aromatic N) is 3. The van der Waals surface area contributed by atoms with Gasteiger partial charge in [0.2, 0.25) is 0 Å². The van der Waals surface area contributed by atoms with Gasteiger partial charge in [0.15, 0.2) is 11.5 Å². The number of nitrogen functional groups attached to an aromatic ring is 1. The first-order valence-corrected chi connectivity index (χ1v) is 6.07. The molecule has 0 unspecified atom stereocenters. The van der Waals surface area contributed by atoms with E-state index >= 15 is 0 Å². The van der Waals surface area contributed by atoms with Gasteiger partial charge in [0, 0.05) is 48.5 Å². The summed E-state index contributed by atoms with van der Waals surface area (Å²) in [5, 5.41) is 0. The van der Waals surface area contributed by atoms with E-state index in [0.29, 0.717) is 16.8 Å². The smallest absolute Gasteiger partial charge is 0.252 e. The molecule has 3 heterocycles. The summed E-state index contributed by atoms with van der Waals surface area (Å²) in [6, 6.07) is 2.70. The summed E-state index contributed by atoms with van der Waals surface area (Å²) in [6.45, 7) is 1.80. The van der Waals surface area contributed by atoms with Crippen LogP contribution >= 0.6 is 0 Å². The Balaban J connectivity index is 2.29. The first-order valence-electron chi connectivity index (χ1n) is 6.07. The number of halogens is 1. The summed E-state index contributed by atoms with van der Waals surface area (Å²) in [7, 11) is 1.63. The van der Waals surface area contributed by atoms with Crippen molar-refractivity contribution in [2.45, 2.75) is 6.92 Å². The third kappa shape index (κ3) is 1.85. The highest BCUT2D eigenvalue weighted by atomic mass is 19.1. The molecule has 0 radical (unpaired) electrons. The first-order chi connectivity index (χ1) is 9.45. The van der Waals surface area contributed by atoms with Crippen molar-refractivity contribution in [3.63, 3.8) is 0 Å². The molecule has 0 fully saturated rings. The average Bonchev–Trinajstić information content (AvgIpc) is 2.75. The molecule has 0 spiro atoms. The molecule has 0 atom stereocenters. The highest BCUT2D eigenvalue weighted by Gasteiger charge is 2.11. The molecule has 0 saturated heterocycles. The maximum atomic E-state index is 14.1. The number of hydrogen-bond donors (Lipinski definition) is 1. The van der Waals surface area contributed by atoms with Gasteiger partial charge >= 0.3 is 0 Å². The number of aromatic nitrogens is 3. The summed E-state index contributed by atoms with van der Waals surface area (Å²) in [5.74, 6) is -0.427. The van der Waals surface area contributed by atoms with Gasteiger partial charge in [-0.1, -0.05) is 0 Å². The zero-order valence-electron chi connectivity index (χ0n) is 11.1. The van der Waals surface area contributed by atoms with Gasteiger partial charge in [0.25, 0.3) is 5.56 Å². The Labute approximate surface area is 114 Å². The summed E-state index contributed by atoms with van der Waals surface area (Å²) in [6.07, 6.45) is 5.08. The van der Waals surface area contributed by atoms with Crippen LogP contribution in [-0.2, 0) is 7.05 Å². The Morgan fingerprint density at radius 1 is 1.25 bits per heavy atom. The van der Waals surface area contributed by atoms with Gasteiger partial charge in [-0.25, -0.2) is 9.37 Å². The van der Waals surface area contributed by atoms with Crippen LogP contribution in [0.15, 0.2) is 35.5 Å². The van der Waals surface area contributed by atoms with Crippen LogP contribution in [0.5, 0.6) is 0 Å². The number of fused-ring (bicyclic) bond motifs is 1. The third-order valence-electron chi connectivity index (χ3n) is 3.20. The van der Waals surface area contributed by atoms with E-state index in [-0.39, 0.29) is 11.2 Å². The van der Waals surface area contributed by atoms with E-state index < -0.39 is 5.82 Å². The van der Waals surface area contributed by atoms with Crippen molar-refractivity contribution in [3.05, 3.63) is 52.6 Å². The molecule has 20 heavy (non-hydrogen) atoms. The largest absolute Gasteiger partial charge is 0.398 e. The fourth-order valence-corrected chi connectivity index (χ4v) is 2.21. The topological polar surface area (TPSA) is 65.3 Å². The van der Waals surface area contributed by atoms with E-state index in [0.717, 1.165) is 5.69 Å². The number of pyridine rings is 2. The third-order valence-corrected chi connectivity index (χ3v) is 3.20. The zero-order valence-corrected chi connectivity index (χ0v) is 11.1. The van der Waals surface area contributed by atoms with Gasteiger partial charge < -0.3 is 14.7 Å². The number of anilines is 1. The molecule has 3 rings (SSSR count). The lowest BCUT2D eigenvalue weighted by Gasteiger charge is -2.09. The molecule has 0 bridgehead atoms. The molecule has 3 aromatic rings. The van der Waals surface area contributed by atoms with Crippen molar-refractivity contribution in [2.24, 2.45) is 7.05 Å². The van der Waals surface area contributed by atoms with Crippen molar-refractivity contribution in [1.82, 2.24) is 14.0 Å². The average molecular weight is 272 g/mol. The number of aryl methyl sites for hydroxylation is 2. The van der Waals surface area contributed by atoms with Gasteiger partial charge in [-0.15, -0.1) is 0 Å².